The predicted molar refractivity (Wildman–Crippen MR) is 152 cm³/mol. The normalized spacial score (nSPS) is 11.2. The van der Waals surface area contributed by atoms with Crippen molar-refractivity contribution in [3.63, 3.8) is 0 Å². The summed E-state index contributed by atoms with van der Waals surface area (Å²) < 4.78 is 14.6. The number of hydrogen-bond acceptors (Lipinski definition) is 5. The number of fused-ring (bicyclic) bond motifs is 2. The van der Waals surface area contributed by atoms with Crippen LogP contribution >= 0.6 is 0 Å². The van der Waals surface area contributed by atoms with Gasteiger partial charge in [-0.2, -0.15) is 5.10 Å². The Bertz CT molecular complexity index is 2030. The number of H-pyrrole nitrogens is 2. The summed E-state index contributed by atoms with van der Waals surface area (Å²) in [5, 5.41) is 11.2. The summed E-state index contributed by atoms with van der Waals surface area (Å²) in [5.41, 5.74) is 7.06. The van der Waals surface area contributed by atoms with Crippen LogP contribution in [0.3, 0.4) is 0 Å². The monoisotopic (exact) mass is 525 g/mol. The first-order valence-corrected chi connectivity index (χ1v) is 12.5. The maximum Gasteiger partial charge on any atom is 0.255 e. The molecule has 0 saturated carbocycles. The molecule has 8 nitrogen and oxygen atoms in total. The minimum atomic E-state index is -0.336. The van der Waals surface area contributed by atoms with Crippen molar-refractivity contribution in [1.29, 1.82) is 0 Å². The van der Waals surface area contributed by atoms with Gasteiger partial charge >= 0.3 is 0 Å². The zero-order chi connectivity index (χ0) is 27.1. The zero-order valence-electron chi connectivity index (χ0n) is 20.9. The molecule has 0 aliphatic carbocycles. The molecule has 192 valence electrons. The topological polar surface area (TPSA) is 112 Å². The van der Waals surface area contributed by atoms with Crippen molar-refractivity contribution >= 4 is 33.5 Å². The molecule has 0 aliphatic rings. The Morgan fingerprint density at radius 1 is 0.850 bits per heavy atom. The number of carbonyl (C=O) groups is 1. The van der Waals surface area contributed by atoms with Gasteiger partial charge < -0.3 is 10.3 Å². The first kappa shape index (κ1) is 23.4. The second kappa shape index (κ2) is 9.55. The second-order valence-electron chi connectivity index (χ2n) is 9.23. The largest absolute Gasteiger partial charge is 0.353 e. The molecule has 0 saturated heterocycles. The molecule has 0 radical (unpaired) electrons. The third-order valence-corrected chi connectivity index (χ3v) is 6.67. The van der Waals surface area contributed by atoms with Gasteiger partial charge in [0.15, 0.2) is 0 Å². The van der Waals surface area contributed by atoms with E-state index in [-0.39, 0.29) is 11.7 Å². The lowest BCUT2D eigenvalue weighted by molar-refractivity contribution is 0.102. The van der Waals surface area contributed by atoms with Crippen LogP contribution in [0.2, 0.25) is 0 Å². The highest BCUT2D eigenvalue weighted by Gasteiger charge is 2.17. The number of halogens is 1. The van der Waals surface area contributed by atoms with E-state index in [9.17, 15) is 9.18 Å². The maximum absolute atomic E-state index is 14.6. The van der Waals surface area contributed by atoms with Crippen LogP contribution in [0.25, 0.3) is 55.8 Å². The van der Waals surface area contributed by atoms with Gasteiger partial charge in [-0.1, -0.05) is 30.3 Å². The number of carbonyl (C=O) groups excluding carboxylic acids is 1. The lowest BCUT2D eigenvalue weighted by atomic mass is 10.1. The summed E-state index contributed by atoms with van der Waals surface area (Å²) in [6.07, 6.45) is 4.94. The number of amides is 1. The van der Waals surface area contributed by atoms with Crippen LogP contribution in [0, 0.1) is 5.82 Å². The van der Waals surface area contributed by atoms with Crippen LogP contribution < -0.4 is 5.32 Å². The Morgan fingerprint density at radius 3 is 2.58 bits per heavy atom. The minimum Gasteiger partial charge on any atom is -0.353 e. The van der Waals surface area contributed by atoms with Gasteiger partial charge in [-0.15, -0.1) is 0 Å². The third kappa shape index (κ3) is 4.15. The third-order valence-electron chi connectivity index (χ3n) is 6.67. The number of nitrogens with zero attached hydrogens (tertiary/aromatic N) is 4. The highest BCUT2D eigenvalue weighted by molar-refractivity contribution is 6.04. The number of aromatic nitrogens is 6. The fourth-order valence-electron chi connectivity index (χ4n) is 4.74. The highest BCUT2D eigenvalue weighted by atomic mass is 19.1. The molecule has 5 aromatic heterocycles. The smallest absolute Gasteiger partial charge is 0.255 e. The van der Waals surface area contributed by atoms with E-state index in [4.69, 9.17) is 4.98 Å². The van der Waals surface area contributed by atoms with Gasteiger partial charge in [-0.05, 0) is 54.6 Å². The molecule has 3 N–H and O–H groups in total. The molecule has 0 aliphatic heterocycles. The number of hydrogen-bond donors (Lipinski definition) is 3. The van der Waals surface area contributed by atoms with E-state index < -0.39 is 0 Å². The van der Waals surface area contributed by atoms with E-state index in [2.05, 4.69) is 30.5 Å². The van der Waals surface area contributed by atoms with Gasteiger partial charge in [0.25, 0.3) is 5.91 Å². The molecular weight excluding hydrogens is 505 g/mol. The van der Waals surface area contributed by atoms with E-state index in [0.29, 0.717) is 39.4 Å². The Labute approximate surface area is 227 Å². The van der Waals surface area contributed by atoms with Crippen molar-refractivity contribution in [3.8, 4) is 33.9 Å². The van der Waals surface area contributed by atoms with E-state index in [0.717, 1.165) is 27.7 Å². The van der Waals surface area contributed by atoms with Crippen molar-refractivity contribution in [1.82, 2.24) is 30.1 Å². The Kier molecular flexibility index (Phi) is 5.59. The lowest BCUT2D eigenvalue weighted by Crippen LogP contribution is -2.11. The van der Waals surface area contributed by atoms with Crippen molar-refractivity contribution in [2.24, 2.45) is 0 Å². The number of aromatic amines is 2. The van der Waals surface area contributed by atoms with Gasteiger partial charge in [-0.3, -0.25) is 19.9 Å². The van der Waals surface area contributed by atoms with Crippen LogP contribution in [-0.2, 0) is 0 Å². The zero-order valence-corrected chi connectivity index (χ0v) is 20.9. The molecule has 1 amide bonds. The van der Waals surface area contributed by atoms with E-state index in [1.165, 1.54) is 6.07 Å². The second-order valence-corrected chi connectivity index (χ2v) is 9.23. The van der Waals surface area contributed by atoms with Crippen LogP contribution in [0.1, 0.15) is 10.4 Å². The summed E-state index contributed by atoms with van der Waals surface area (Å²) in [6, 6.07) is 24.9. The van der Waals surface area contributed by atoms with Gasteiger partial charge in [0.1, 0.15) is 17.0 Å². The highest BCUT2D eigenvalue weighted by Crippen LogP contribution is 2.34. The first-order valence-electron chi connectivity index (χ1n) is 12.5. The number of rotatable bonds is 5. The molecule has 0 unspecified atom stereocenters. The SMILES string of the molecule is O=C(Nc1cncc(-c2ccc3[nH]nc(-c4cc5c(-c6ccccc6F)nccc5[nH]4)c3n2)c1)c1ccccc1. The molecule has 0 bridgehead atoms. The molecule has 7 aromatic rings. The van der Waals surface area contributed by atoms with Crippen LogP contribution in [-0.4, -0.2) is 36.0 Å². The van der Waals surface area contributed by atoms with E-state index >= 15 is 0 Å². The summed E-state index contributed by atoms with van der Waals surface area (Å²) in [7, 11) is 0. The molecular formula is C31H20FN7O. The fraction of sp³-hybridized carbons (Fsp3) is 0. The average molecular weight is 526 g/mol. The van der Waals surface area contributed by atoms with Gasteiger partial charge in [0.2, 0.25) is 0 Å². The predicted octanol–water partition coefficient (Wildman–Crippen LogP) is 6.62. The van der Waals surface area contributed by atoms with Crippen molar-refractivity contribution < 1.29 is 9.18 Å². The lowest BCUT2D eigenvalue weighted by Gasteiger charge is -2.07. The minimum absolute atomic E-state index is 0.219. The molecule has 40 heavy (non-hydrogen) atoms. The molecule has 0 atom stereocenters. The van der Waals surface area contributed by atoms with Gasteiger partial charge in [0, 0.05) is 40.0 Å². The maximum atomic E-state index is 14.6. The quantitative estimate of drug-likeness (QED) is 0.234. The summed E-state index contributed by atoms with van der Waals surface area (Å²) >= 11 is 0. The fourth-order valence-corrected chi connectivity index (χ4v) is 4.74. The Morgan fingerprint density at radius 2 is 1.70 bits per heavy atom. The van der Waals surface area contributed by atoms with Crippen LogP contribution in [0.15, 0.2) is 104 Å². The molecule has 0 spiro atoms. The Hall–Kier alpha value is -5.70. The molecule has 7 rings (SSSR count). The number of anilines is 1. The summed E-state index contributed by atoms with van der Waals surface area (Å²) in [5.74, 6) is -0.555. The molecule has 5 heterocycles. The Balaban J connectivity index is 1.26. The molecule has 9 heteroatoms. The molecule has 0 fully saturated rings. The van der Waals surface area contributed by atoms with Crippen molar-refractivity contribution in [3.05, 3.63) is 115 Å². The van der Waals surface area contributed by atoms with E-state index in [1.807, 2.05) is 48.5 Å². The number of nitrogens with one attached hydrogen (secondary N) is 3. The number of benzene rings is 2. The van der Waals surface area contributed by atoms with Crippen molar-refractivity contribution in [2.75, 3.05) is 5.32 Å². The van der Waals surface area contributed by atoms with Crippen LogP contribution in [0.4, 0.5) is 10.1 Å². The van der Waals surface area contributed by atoms with Crippen LogP contribution in [0.5, 0.6) is 0 Å². The van der Waals surface area contributed by atoms with Gasteiger partial charge in [-0.25, -0.2) is 9.37 Å². The summed E-state index contributed by atoms with van der Waals surface area (Å²) in [4.78, 5) is 29.6. The average Bonchev–Trinajstić information content (AvgIpc) is 3.62. The number of pyridine rings is 3. The van der Waals surface area contributed by atoms with Crippen molar-refractivity contribution in [2.45, 2.75) is 0 Å². The molecule has 2 aromatic carbocycles. The van der Waals surface area contributed by atoms with E-state index in [1.54, 1.807) is 48.9 Å². The standard InChI is InChI=1S/C31H20FN7O/c32-23-9-5-4-8-21(23)28-22-15-27(36-25(22)12-13-34-28)30-29-26(38-39-30)11-10-24(37-29)19-14-20(17-33-16-19)35-31(40)18-6-2-1-3-7-18/h1-17,36H,(H,35,40)(H,38,39). The first-order chi connectivity index (χ1) is 19.6. The van der Waals surface area contributed by atoms with Gasteiger partial charge in [0.05, 0.1) is 34.5 Å². The summed E-state index contributed by atoms with van der Waals surface area (Å²) in [6.45, 7) is 0.